The van der Waals surface area contributed by atoms with Crippen LogP contribution in [0.1, 0.15) is 25.5 Å². The molecular weight excluding hydrogens is 419 g/mol. The zero-order chi connectivity index (χ0) is 20.1. The van der Waals surface area contributed by atoms with Crippen LogP contribution in [0.25, 0.3) is 0 Å². The lowest BCUT2D eigenvalue weighted by molar-refractivity contribution is -0.159. The van der Waals surface area contributed by atoms with Crippen LogP contribution in [0.15, 0.2) is 42.5 Å². The number of esters is 1. The first-order chi connectivity index (χ1) is 13.4. The Kier molecular flexibility index (Phi) is 4.89. The average molecular weight is 437 g/mol. The zero-order valence-electron chi connectivity index (χ0n) is 15.2. The van der Waals surface area contributed by atoms with Crippen LogP contribution < -0.4 is 15.0 Å². The minimum absolute atomic E-state index is 0.261. The maximum Gasteiger partial charge on any atom is 0.317 e. The highest BCUT2D eigenvalue weighted by Crippen LogP contribution is 2.52. The summed E-state index contributed by atoms with van der Waals surface area (Å²) in [5.74, 6) is -0.593. The van der Waals surface area contributed by atoms with Gasteiger partial charge in [-0.15, -0.1) is 0 Å². The summed E-state index contributed by atoms with van der Waals surface area (Å²) in [4.78, 5) is 14.8. The average Bonchev–Trinajstić information content (AvgIpc) is 2.63. The molecule has 1 saturated heterocycles. The van der Waals surface area contributed by atoms with Gasteiger partial charge in [-0.3, -0.25) is 9.69 Å². The molecule has 0 radical (unpaired) electrons. The van der Waals surface area contributed by atoms with E-state index in [2.05, 4.69) is 5.32 Å². The van der Waals surface area contributed by atoms with Crippen molar-refractivity contribution in [1.29, 1.82) is 0 Å². The van der Waals surface area contributed by atoms with Crippen molar-refractivity contribution >= 4 is 52.2 Å². The Bertz CT molecular complexity index is 956. The number of benzene rings is 2. The first-order valence-corrected chi connectivity index (χ1v) is 10.0. The van der Waals surface area contributed by atoms with Gasteiger partial charge in [0.15, 0.2) is 5.11 Å². The van der Waals surface area contributed by atoms with Crippen molar-refractivity contribution in [2.24, 2.45) is 5.92 Å². The molecule has 0 aromatic heterocycles. The van der Waals surface area contributed by atoms with Gasteiger partial charge in [0.1, 0.15) is 11.7 Å². The molecule has 1 fully saturated rings. The van der Waals surface area contributed by atoms with Crippen molar-refractivity contribution < 1.29 is 14.3 Å². The van der Waals surface area contributed by atoms with Gasteiger partial charge in [-0.1, -0.05) is 41.4 Å². The van der Waals surface area contributed by atoms with Gasteiger partial charge in [0.2, 0.25) is 5.72 Å². The molecule has 2 heterocycles. The molecule has 0 saturated carbocycles. The number of halogens is 2. The number of nitrogens with zero attached hydrogens (tertiary/aromatic N) is 1. The Hall–Kier alpha value is -2.02. The van der Waals surface area contributed by atoms with Gasteiger partial charge in [0.05, 0.1) is 17.7 Å². The van der Waals surface area contributed by atoms with Crippen molar-refractivity contribution in [1.82, 2.24) is 5.32 Å². The number of fused-ring (bicyclic) bond motifs is 4. The highest BCUT2D eigenvalue weighted by Gasteiger charge is 2.60. The third-order valence-electron chi connectivity index (χ3n) is 5.07. The Morgan fingerprint density at radius 1 is 1.32 bits per heavy atom. The van der Waals surface area contributed by atoms with Gasteiger partial charge in [-0.05, 0) is 50.3 Å². The number of ether oxygens (including phenoxy) is 2. The molecule has 2 bridgehead atoms. The topological polar surface area (TPSA) is 50.8 Å². The molecule has 1 N–H and O–H groups in total. The molecule has 0 spiro atoms. The Labute approximate surface area is 178 Å². The number of hydrogen-bond acceptors (Lipinski definition) is 4. The van der Waals surface area contributed by atoms with Crippen LogP contribution in [0.2, 0.25) is 10.0 Å². The van der Waals surface area contributed by atoms with E-state index in [4.69, 9.17) is 44.9 Å². The summed E-state index contributed by atoms with van der Waals surface area (Å²) in [5, 5.41) is 4.56. The van der Waals surface area contributed by atoms with Gasteiger partial charge in [-0.25, -0.2) is 0 Å². The first kappa shape index (κ1) is 19.3. The molecule has 5 nitrogen and oxygen atoms in total. The number of carbonyl (C=O) groups is 1. The van der Waals surface area contributed by atoms with Crippen molar-refractivity contribution in [3.05, 3.63) is 58.1 Å². The summed E-state index contributed by atoms with van der Waals surface area (Å²) in [6.07, 6.45) is 0. The van der Waals surface area contributed by atoms with Gasteiger partial charge in [0, 0.05) is 16.3 Å². The fourth-order valence-corrected chi connectivity index (χ4v) is 4.92. The van der Waals surface area contributed by atoms with E-state index in [0.29, 0.717) is 26.5 Å². The van der Waals surface area contributed by atoms with Gasteiger partial charge in [0.25, 0.3) is 0 Å². The first-order valence-electron chi connectivity index (χ1n) is 8.87. The number of hydrogen-bond donors (Lipinski definition) is 1. The third kappa shape index (κ3) is 2.91. The number of rotatable bonds is 3. The summed E-state index contributed by atoms with van der Waals surface area (Å²) in [7, 11) is 0. The molecule has 146 valence electrons. The second-order valence-corrected chi connectivity index (χ2v) is 8.02. The molecule has 2 aromatic carbocycles. The van der Waals surface area contributed by atoms with Crippen LogP contribution in [-0.2, 0) is 9.53 Å². The smallest absolute Gasteiger partial charge is 0.317 e. The second kappa shape index (κ2) is 7.10. The van der Waals surface area contributed by atoms with Crippen LogP contribution in [-0.4, -0.2) is 23.4 Å². The molecule has 2 aliphatic heterocycles. The number of thiocarbonyl (C=S) groups is 1. The Morgan fingerprint density at radius 3 is 2.71 bits per heavy atom. The van der Waals surface area contributed by atoms with Crippen molar-refractivity contribution in [3.63, 3.8) is 0 Å². The monoisotopic (exact) mass is 436 g/mol. The molecular formula is C20H18Cl2N2O3S. The van der Waals surface area contributed by atoms with Crippen LogP contribution in [0.4, 0.5) is 5.69 Å². The second-order valence-electron chi connectivity index (χ2n) is 6.79. The van der Waals surface area contributed by atoms with E-state index in [1.807, 2.05) is 37.3 Å². The number of anilines is 1. The lowest BCUT2D eigenvalue weighted by Gasteiger charge is -2.55. The normalized spacial score (nSPS) is 25.4. The highest BCUT2D eigenvalue weighted by atomic mass is 35.5. The summed E-state index contributed by atoms with van der Waals surface area (Å²) < 4.78 is 11.8. The molecule has 0 aliphatic carbocycles. The van der Waals surface area contributed by atoms with E-state index >= 15 is 0 Å². The fraction of sp³-hybridized carbons (Fsp3) is 0.300. The van der Waals surface area contributed by atoms with Gasteiger partial charge < -0.3 is 14.8 Å². The van der Waals surface area contributed by atoms with E-state index in [0.717, 1.165) is 5.69 Å². The maximum atomic E-state index is 13.0. The molecule has 2 aliphatic rings. The lowest BCUT2D eigenvalue weighted by atomic mass is 9.79. The highest BCUT2D eigenvalue weighted by molar-refractivity contribution is 7.80. The van der Waals surface area contributed by atoms with Gasteiger partial charge in [-0.2, -0.15) is 0 Å². The van der Waals surface area contributed by atoms with E-state index in [9.17, 15) is 4.79 Å². The summed E-state index contributed by atoms with van der Waals surface area (Å²) >= 11 is 18.3. The van der Waals surface area contributed by atoms with E-state index in [1.165, 1.54) is 0 Å². The van der Waals surface area contributed by atoms with Crippen molar-refractivity contribution in [2.75, 3.05) is 11.5 Å². The Balaban J connectivity index is 1.93. The summed E-state index contributed by atoms with van der Waals surface area (Å²) in [6.45, 7) is 3.86. The predicted octanol–water partition coefficient (Wildman–Crippen LogP) is 4.72. The van der Waals surface area contributed by atoms with E-state index < -0.39 is 17.7 Å². The third-order valence-corrected chi connectivity index (χ3v) is 5.87. The number of carbonyl (C=O) groups excluding carboxylic acids is 1. The van der Waals surface area contributed by atoms with Crippen LogP contribution in [0, 0.1) is 5.92 Å². The van der Waals surface area contributed by atoms with Gasteiger partial charge >= 0.3 is 5.97 Å². The predicted molar refractivity (Wildman–Crippen MR) is 113 cm³/mol. The standard InChI is InChI=1S/C20H18Cl2N2O3S/c1-3-26-18(25)15-16-13-9-11(21)10-14(22)17(13)27-20(15,2)24(19(28)23-16)12-7-5-4-6-8-12/h4-10,15-16H,3H2,1-2H3,(H,23,28). The van der Waals surface area contributed by atoms with Crippen molar-refractivity contribution in [2.45, 2.75) is 25.6 Å². The quantitative estimate of drug-likeness (QED) is 0.554. The SMILES string of the molecule is CCOC(=O)C1C2NC(=S)N(c3ccccc3)C1(C)Oc1c(Cl)cc(Cl)cc12. The number of para-hydroxylation sites is 1. The lowest BCUT2D eigenvalue weighted by Crippen LogP contribution is -2.71. The molecule has 3 atom stereocenters. The number of nitrogens with one attached hydrogen (secondary N) is 1. The fourth-order valence-electron chi connectivity index (χ4n) is 3.96. The zero-order valence-corrected chi connectivity index (χ0v) is 17.6. The maximum absolute atomic E-state index is 13.0. The van der Waals surface area contributed by atoms with E-state index in [1.54, 1.807) is 24.0 Å². The largest absolute Gasteiger partial charge is 0.466 e. The van der Waals surface area contributed by atoms with Crippen LogP contribution in [0.3, 0.4) is 0 Å². The Morgan fingerprint density at radius 2 is 2.04 bits per heavy atom. The molecule has 3 unspecified atom stereocenters. The molecule has 2 aromatic rings. The molecule has 4 rings (SSSR count). The van der Waals surface area contributed by atoms with Crippen LogP contribution >= 0.6 is 35.4 Å². The van der Waals surface area contributed by atoms with Crippen molar-refractivity contribution in [3.8, 4) is 5.75 Å². The molecule has 8 heteroatoms. The summed E-state index contributed by atoms with van der Waals surface area (Å²) in [5.41, 5.74) is 0.345. The molecule has 28 heavy (non-hydrogen) atoms. The van der Waals surface area contributed by atoms with E-state index in [-0.39, 0.29) is 12.6 Å². The minimum atomic E-state index is -1.13. The summed E-state index contributed by atoms with van der Waals surface area (Å²) in [6, 6.07) is 12.4. The van der Waals surface area contributed by atoms with Crippen LogP contribution in [0.5, 0.6) is 5.75 Å². The minimum Gasteiger partial charge on any atom is -0.466 e. The molecule has 0 amide bonds.